The van der Waals surface area contributed by atoms with E-state index in [0.717, 1.165) is 6.07 Å². The van der Waals surface area contributed by atoms with Gasteiger partial charge in [-0.2, -0.15) is 5.10 Å². The molecule has 0 saturated heterocycles. The molecule has 100 valence electrons. The molecule has 2 aromatic rings. The minimum absolute atomic E-state index is 0.0105. The number of aromatic carboxylic acids is 1. The molecule has 2 N–H and O–H groups in total. The molecule has 0 spiro atoms. The summed E-state index contributed by atoms with van der Waals surface area (Å²) in [6, 6.07) is 2.50. The molecule has 0 bridgehead atoms. The maximum atomic E-state index is 12.0. The van der Waals surface area contributed by atoms with Crippen molar-refractivity contribution in [3.05, 3.63) is 36.4 Å². The third-order valence-corrected chi connectivity index (χ3v) is 3.56. The molecule has 0 aromatic carbocycles. The van der Waals surface area contributed by atoms with E-state index < -0.39 is 16.0 Å². The number of sulfonamides is 1. The number of carboxylic acid groups (broad SMARTS) is 1. The molecule has 0 aliphatic heterocycles. The number of nitrogens with zero attached hydrogens (tertiary/aromatic N) is 3. The minimum Gasteiger partial charge on any atom is -0.477 e. The third kappa shape index (κ3) is 2.88. The lowest BCUT2D eigenvalue weighted by Gasteiger charge is -2.06. The van der Waals surface area contributed by atoms with Crippen LogP contribution in [0.4, 0.5) is 5.69 Å². The second-order valence-corrected chi connectivity index (χ2v) is 5.37. The first-order chi connectivity index (χ1) is 8.88. The number of carboxylic acids is 1. The van der Waals surface area contributed by atoms with Crippen molar-refractivity contribution >= 4 is 21.7 Å². The number of hydrogen-bond acceptors (Lipinski definition) is 5. The first-order valence-electron chi connectivity index (χ1n) is 5.09. The van der Waals surface area contributed by atoms with Crippen LogP contribution in [0.15, 0.2) is 35.6 Å². The Balaban J connectivity index is 2.30. The summed E-state index contributed by atoms with van der Waals surface area (Å²) in [6.07, 6.45) is 3.74. The van der Waals surface area contributed by atoms with Crippen molar-refractivity contribution in [1.29, 1.82) is 0 Å². The van der Waals surface area contributed by atoms with Crippen LogP contribution in [-0.4, -0.2) is 34.3 Å². The van der Waals surface area contributed by atoms with Gasteiger partial charge in [0.25, 0.3) is 10.0 Å². The van der Waals surface area contributed by atoms with Crippen molar-refractivity contribution < 1.29 is 18.3 Å². The van der Waals surface area contributed by atoms with Gasteiger partial charge in [0.1, 0.15) is 10.6 Å². The number of aromatic nitrogens is 3. The molecule has 2 heterocycles. The van der Waals surface area contributed by atoms with Crippen LogP contribution in [0.5, 0.6) is 0 Å². The molecule has 0 unspecified atom stereocenters. The lowest BCUT2D eigenvalue weighted by molar-refractivity contribution is 0.0690. The predicted octanol–water partition coefficient (Wildman–Crippen LogP) is 0.314. The summed E-state index contributed by atoms with van der Waals surface area (Å²) in [6.45, 7) is 0. The Morgan fingerprint density at radius 3 is 2.79 bits per heavy atom. The third-order valence-electron chi connectivity index (χ3n) is 2.22. The molecule has 19 heavy (non-hydrogen) atoms. The van der Waals surface area contributed by atoms with Crippen molar-refractivity contribution in [3.8, 4) is 0 Å². The molecule has 0 aliphatic carbocycles. The van der Waals surface area contributed by atoms with E-state index in [1.807, 2.05) is 0 Å². The summed E-state index contributed by atoms with van der Waals surface area (Å²) in [5.74, 6) is -1.23. The van der Waals surface area contributed by atoms with Gasteiger partial charge in [0.05, 0.1) is 11.9 Å². The number of rotatable bonds is 4. The van der Waals surface area contributed by atoms with Crippen molar-refractivity contribution in [1.82, 2.24) is 14.8 Å². The number of aryl methyl sites for hydroxylation is 1. The lowest BCUT2D eigenvalue weighted by atomic mass is 10.3. The smallest absolute Gasteiger partial charge is 0.354 e. The maximum Gasteiger partial charge on any atom is 0.354 e. The van der Waals surface area contributed by atoms with Gasteiger partial charge in [0.2, 0.25) is 0 Å². The zero-order chi connectivity index (χ0) is 14.0. The van der Waals surface area contributed by atoms with Gasteiger partial charge >= 0.3 is 5.97 Å². The summed E-state index contributed by atoms with van der Waals surface area (Å²) >= 11 is 0. The predicted molar refractivity (Wildman–Crippen MR) is 65.2 cm³/mol. The highest BCUT2D eigenvalue weighted by atomic mass is 32.2. The highest BCUT2D eigenvalue weighted by Crippen LogP contribution is 2.15. The normalized spacial score (nSPS) is 11.2. The van der Waals surface area contributed by atoms with Crippen molar-refractivity contribution in [2.45, 2.75) is 4.90 Å². The Hall–Kier alpha value is -2.42. The zero-order valence-electron chi connectivity index (χ0n) is 9.81. The Morgan fingerprint density at radius 1 is 1.47 bits per heavy atom. The average Bonchev–Trinajstić information content (AvgIpc) is 2.76. The van der Waals surface area contributed by atoms with Crippen LogP contribution < -0.4 is 4.72 Å². The van der Waals surface area contributed by atoms with Gasteiger partial charge in [-0.3, -0.25) is 9.40 Å². The fourth-order valence-corrected chi connectivity index (χ4v) is 2.39. The molecule has 0 aliphatic rings. The molecule has 0 fully saturated rings. The van der Waals surface area contributed by atoms with Gasteiger partial charge in [-0.1, -0.05) is 0 Å². The maximum absolute atomic E-state index is 12.0. The Labute approximate surface area is 108 Å². The highest BCUT2D eigenvalue weighted by Gasteiger charge is 2.17. The molecule has 9 heteroatoms. The number of nitrogens with one attached hydrogen (secondary N) is 1. The molecule has 0 saturated carbocycles. The Morgan fingerprint density at radius 2 is 2.21 bits per heavy atom. The largest absolute Gasteiger partial charge is 0.477 e. The Kier molecular flexibility index (Phi) is 3.21. The van der Waals surface area contributed by atoms with E-state index in [0.29, 0.717) is 0 Å². The zero-order valence-corrected chi connectivity index (χ0v) is 10.6. The van der Waals surface area contributed by atoms with Crippen LogP contribution in [0.3, 0.4) is 0 Å². The molecule has 2 rings (SSSR count). The molecular formula is C10H10N4O4S. The van der Waals surface area contributed by atoms with Crippen LogP contribution in [0, 0.1) is 0 Å². The number of anilines is 1. The second-order valence-electron chi connectivity index (χ2n) is 3.69. The number of pyridine rings is 1. The van der Waals surface area contributed by atoms with E-state index in [9.17, 15) is 13.2 Å². The molecule has 2 aromatic heterocycles. The van der Waals surface area contributed by atoms with Crippen molar-refractivity contribution in [2.75, 3.05) is 4.72 Å². The first-order valence-corrected chi connectivity index (χ1v) is 6.57. The van der Waals surface area contributed by atoms with E-state index in [1.165, 1.54) is 29.3 Å². The molecule has 8 nitrogen and oxygen atoms in total. The van der Waals surface area contributed by atoms with Crippen LogP contribution >= 0.6 is 0 Å². The van der Waals surface area contributed by atoms with Crippen molar-refractivity contribution in [3.63, 3.8) is 0 Å². The molecular weight excluding hydrogens is 272 g/mol. The van der Waals surface area contributed by atoms with Crippen LogP contribution in [0.25, 0.3) is 0 Å². The first kappa shape index (κ1) is 13.0. The van der Waals surface area contributed by atoms with Gasteiger partial charge in [0, 0.05) is 19.4 Å². The van der Waals surface area contributed by atoms with E-state index in [4.69, 9.17) is 5.11 Å². The second kappa shape index (κ2) is 4.69. The van der Waals surface area contributed by atoms with E-state index in [-0.39, 0.29) is 16.3 Å². The topological polar surface area (TPSA) is 114 Å². The summed E-state index contributed by atoms with van der Waals surface area (Å²) in [7, 11) is -2.20. The quantitative estimate of drug-likeness (QED) is 0.834. The van der Waals surface area contributed by atoms with Crippen LogP contribution in [0.1, 0.15) is 10.5 Å². The number of carbonyl (C=O) groups is 1. The van der Waals surface area contributed by atoms with E-state index in [1.54, 1.807) is 7.05 Å². The highest BCUT2D eigenvalue weighted by molar-refractivity contribution is 7.92. The molecule has 0 atom stereocenters. The van der Waals surface area contributed by atoms with E-state index >= 15 is 0 Å². The summed E-state index contributed by atoms with van der Waals surface area (Å²) in [4.78, 5) is 14.3. The SMILES string of the molecule is Cn1cc(S(=O)(=O)Nc2ccnc(C(=O)O)c2)cn1. The standard InChI is InChI=1S/C10H10N4O4S/c1-14-6-8(5-12-14)19(17,18)13-7-2-3-11-9(4-7)10(15)16/h2-6H,1H3,(H,11,13)(H,15,16). The van der Waals surface area contributed by atoms with E-state index in [2.05, 4.69) is 14.8 Å². The summed E-state index contributed by atoms with van der Waals surface area (Å²) in [5.41, 5.74) is -0.123. The van der Waals surface area contributed by atoms with Crippen LogP contribution in [0.2, 0.25) is 0 Å². The van der Waals surface area contributed by atoms with Gasteiger partial charge in [0.15, 0.2) is 0 Å². The van der Waals surface area contributed by atoms with Gasteiger partial charge in [-0.05, 0) is 12.1 Å². The monoisotopic (exact) mass is 282 g/mol. The fourth-order valence-electron chi connectivity index (χ4n) is 1.36. The van der Waals surface area contributed by atoms with Gasteiger partial charge in [-0.25, -0.2) is 18.2 Å². The van der Waals surface area contributed by atoms with Gasteiger partial charge in [-0.15, -0.1) is 0 Å². The average molecular weight is 282 g/mol. The fraction of sp³-hybridized carbons (Fsp3) is 0.100. The number of hydrogen-bond donors (Lipinski definition) is 2. The lowest BCUT2D eigenvalue weighted by Crippen LogP contribution is -2.13. The van der Waals surface area contributed by atoms with Gasteiger partial charge < -0.3 is 5.11 Å². The molecule has 0 amide bonds. The van der Waals surface area contributed by atoms with Crippen molar-refractivity contribution in [2.24, 2.45) is 7.05 Å². The summed E-state index contributed by atoms with van der Waals surface area (Å²) < 4.78 is 27.5. The Bertz CT molecular complexity index is 723. The van der Waals surface area contributed by atoms with Crippen LogP contribution in [-0.2, 0) is 17.1 Å². The minimum atomic E-state index is -3.79. The summed E-state index contributed by atoms with van der Waals surface area (Å²) in [5, 5.41) is 12.5. The molecule has 0 radical (unpaired) electrons.